The van der Waals surface area contributed by atoms with Crippen LogP contribution in [0.3, 0.4) is 0 Å². The predicted molar refractivity (Wildman–Crippen MR) is 162 cm³/mol. The summed E-state index contributed by atoms with van der Waals surface area (Å²) in [5.41, 5.74) is 1.62. The van der Waals surface area contributed by atoms with Crippen molar-refractivity contribution in [3.8, 4) is 0 Å². The standard InChI is InChI=1S/C32H38F3N3O4S/c1-4-19-36-31(40)29(21-25-10-6-5-7-11-25)37(23-26-17-15-24(2)16-18-26)30(39)14-9-20-38(43(3,41)42)28-13-8-12-27(22-28)32(33,34)35/h5-8,10-13,15-18,22,29H,4,9,14,19-21,23H2,1-3H3,(H,36,40). The fourth-order valence-electron chi connectivity index (χ4n) is 4.65. The molecule has 0 saturated carbocycles. The number of aryl methyl sites for hydroxylation is 1. The second-order valence-electron chi connectivity index (χ2n) is 10.5. The number of hydrogen-bond donors (Lipinski definition) is 1. The molecule has 3 aromatic rings. The molecule has 7 nitrogen and oxygen atoms in total. The summed E-state index contributed by atoms with van der Waals surface area (Å²) >= 11 is 0. The maximum Gasteiger partial charge on any atom is 0.416 e. The van der Waals surface area contributed by atoms with Crippen LogP contribution in [0.2, 0.25) is 0 Å². The van der Waals surface area contributed by atoms with Crippen molar-refractivity contribution in [1.29, 1.82) is 0 Å². The normalized spacial score (nSPS) is 12.4. The Bertz CT molecular complexity index is 1460. The van der Waals surface area contributed by atoms with Crippen LogP contribution in [0.1, 0.15) is 48.4 Å². The van der Waals surface area contributed by atoms with Crippen LogP contribution in [0.4, 0.5) is 18.9 Å². The summed E-state index contributed by atoms with van der Waals surface area (Å²) in [6.45, 7) is 4.26. The Morgan fingerprint density at radius 2 is 1.60 bits per heavy atom. The van der Waals surface area contributed by atoms with Gasteiger partial charge in [0.15, 0.2) is 0 Å². The lowest BCUT2D eigenvalue weighted by molar-refractivity contribution is -0.141. The highest BCUT2D eigenvalue weighted by Gasteiger charge is 2.32. The van der Waals surface area contributed by atoms with Crippen molar-refractivity contribution < 1.29 is 31.2 Å². The van der Waals surface area contributed by atoms with Gasteiger partial charge in [-0.05, 0) is 49.1 Å². The lowest BCUT2D eigenvalue weighted by Crippen LogP contribution is -2.50. The molecule has 2 amide bonds. The summed E-state index contributed by atoms with van der Waals surface area (Å²) in [5.74, 6) is -0.668. The largest absolute Gasteiger partial charge is 0.416 e. The molecule has 3 rings (SSSR count). The molecule has 1 N–H and O–H groups in total. The Labute approximate surface area is 251 Å². The third-order valence-corrected chi connectivity index (χ3v) is 8.10. The predicted octanol–water partition coefficient (Wildman–Crippen LogP) is 5.73. The molecular formula is C32H38F3N3O4S. The smallest absolute Gasteiger partial charge is 0.354 e. The van der Waals surface area contributed by atoms with Gasteiger partial charge < -0.3 is 10.2 Å². The van der Waals surface area contributed by atoms with E-state index >= 15 is 0 Å². The van der Waals surface area contributed by atoms with Crippen LogP contribution in [-0.2, 0) is 38.8 Å². The number of alkyl halides is 3. The molecule has 0 aromatic heterocycles. The number of anilines is 1. The molecule has 1 unspecified atom stereocenters. The highest BCUT2D eigenvalue weighted by atomic mass is 32.2. The molecule has 11 heteroatoms. The van der Waals surface area contributed by atoms with Gasteiger partial charge in [-0.25, -0.2) is 8.42 Å². The lowest BCUT2D eigenvalue weighted by atomic mass is 10.0. The Balaban J connectivity index is 1.88. The summed E-state index contributed by atoms with van der Waals surface area (Å²) in [7, 11) is -3.95. The summed E-state index contributed by atoms with van der Waals surface area (Å²) in [6, 6.07) is 20.2. The van der Waals surface area contributed by atoms with E-state index in [1.807, 2.05) is 68.4 Å². The molecule has 232 valence electrons. The molecular weight excluding hydrogens is 579 g/mol. The van der Waals surface area contributed by atoms with Crippen LogP contribution in [-0.4, -0.2) is 50.5 Å². The van der Waals surface area contributed by atoms with Gasteiger partial charge in [0, 0.05) is 32.5 Å². The van der Waals surface area contributed by atoms with Gasteiger partial charge in [-0.2, -0.15) is 13.2 Å². The van der Waals surface area contributed by atoms with Gasteiger partial charge in [-0.3, -0.25) is 13.9 Å². The van der Waals surface area contributed by atoms with Crippen molar-refractivity contribution in [1.82, 2.24) is 10.2 Å². The maximum absolute atomic E-state index is 13.8. The summed E-state index contributed by atoms with van der Waals surface area (Å²) < 4.78 is 65.9. The van der Waals surface area contributed by atoms with Gasteiger partial charge in [-0.15, -0.1) is 0 Å². The zero-order valence-corrected chi connectivity index (χ0v) is 25.4. The molecule has 0 heterocycles. The Kier molecular flexibility index (Phi) is 11.8. The molecule has 0 aliphatic carbocycles. The molecule has 0 aliphatic heterocycles. The van der Waals surface area contributed by atoms with Gasteiger partial charge in [0.05, 0.1) is 17.5 Å². The highest BCUT2D eigenvalue weighted by Crippen LogP contribution is 2.32. The topological polar surface area (TPSA) is 86.8 Å². The summed E-state index contributed by atoms with van der Waals surface area (Å²) in [5, 5.41) is 2.90. The van der Waals surface area contributed by atoms with Crippen LogP contribution < -0.4 is 9.62 Å². The van der Waals surface area contributed by atoms with E-state index in [-0.39, 0.29) is 49.9 Å². The minimum absolute atomic E-state index is 0.0290. The van der Waals surface area contributed by atoms with E-state index in [1.165, 1.54) is 11.0 Å². The number of nitrogens with one attached hydrogen (secondary N) is 1. The fourth-order valence-corrected chi connectivity index (χ4v) is 5.61. The summed E-state index contributed by atoms with van der Waals surface area (Å²) in [6.07, 6.45) is -2.84. The lowest BCUT2D eigenvalue weighted by Gasteiger charge is -2.32. The molecule has 0 spiro atoms. The number of rotatable bonds is 14. The zero-order chi connectivity index (χ0) is 31.6. The molecule has 1 atom stereocenters. The van der Waals surface area contributed by atoms with Crippen LogP contribution >= 0.6 is 0 Å². The van der Waals surface area contributed by atoms with Gasteiger partial charge in [0.1, 0.15) is 6.04 Å². The third-order valence-electron chi connectivity index (χ3n) is 6.91. The quantitative estimate of drug-likeness (QED) is 0.251. The van der Waals surface area contributed by atoms with E-state index in [1.54, 1.807) is 0 Å². The Morgan fingerprint density at radius 3 is 2.21 bits per heavy atom. The molecule has 43 heavy (non-hydrogen) atoms. The van der Waals surface area contributed by atoms with E-state index in [2.05, 4.69) is 5.32 Å². The molecule has 0 bridgehead atoms. The van der Waals surface area contributed by atoms with E-state index < -0.39 is 27.8 Å². The van der Waals surface area contributed by atoms with Crippen LogP contribution in [0, 0.1) is 6.92 Å². The van der Waals surface area contributed by atoms with E-state index in [9.17, 15) is 31.2 Å². The minimum Gasteiger partial charge on any atom is -0.354 e. The molecule has 0 saturated heterocycles. The number of sulfonamides is 1. The van der Waals surface area contributed by atoms with Crippen molar-refractivity contribution in [3.05, 3.63) is 101 Å². The highest BCUT2D eigenvalue weighted by molar-refractivity contribution is 7.92. The fraction of sp³-hybridized carbons (Fsp3) is 0.375. The first-order valence-corrected chi connectivity index (χ1v) is 16.0. The number of benzene rings is 3. The van der Waals surface area contributed by atoms with Crippen LogP contribution in [0.15, 0.2) is 78.9 Å². The number of nitrogens with zero attached hydrogens (tertiary/aromatic N) is 2. The van der Waals surface area contributed by atoms with Crippen molar-refractivity contribution >= 4 is 27.5 Å². The van der Waals surface area contributed by atoms with E-state index in [4.69, 9.17) is 0 Å². The van der Waals surface area contributed by atoms with Gasteiger partial charge in [0.25, 0.3) is 0 Å². The first-order valence-electron chi connectivity index (χ1n) is 14.1. The number of halogens is 3. The van der Waals surface area contributed by atoms with Crippen molar-refractivity contribution in [2.24, 2.45) is 0 Å². The minimum atomic E-state index is -4.64. The zero-order valence-electron chi connectivity index (χ0n) is 24.6. The second-order valence-corrected chi connectivity index (χ2v) is 12.4. The molecule has 0 radical (unpaired) electrons. The Hall–Kier alpha value is -3.86. The SMILES string of the molecule is CCCNC(=O)C(Cc1ccccc1)N(Cc1ccc(C)cc1)C(=O)CCCN(c1cccc(C(F)(F)F)c1)S(C)(=O)=O. The monoisotopic (exact) mass is 617 g/mol. The van der Waals surface area contributed by atoms with Crippen LogP contribution in [0.5, 0.6) is 0 Å². The van der Waals surface area contributed by atoms with E-state index in [0.29, 0.717) is 13.0 Å². The molecule has 3 aromatic carbocycles. The Morgan fingerprint density at radius 1 is 0.930 bits per heavy atom. The second kappa shape index (κ2) is 15.0. The number of carbonyl (C=O) groups excluding carboxylic acids is 2. The average molecular weight is 618 g/mol. The number of carbonyl (C=O) groups is 2. The van der Waals surface area contributed by atoms with Crippen molar-refractivity contribution in [2.45, 2.75) is 58.3 Å². The van der Waals surface area contributed by atoms with Crippen LogP contribution in [0.25, 0.3) is 0 Å². The first-order chi connectivity index (χ1) is 20.3. The maximum atomic E-state index is 13.8. The van der Waals surface area contributed by atoms with Gasteiger partial charge in [-0.1, -0.05) is 73.2 Å². The van der Waals surface area contributed by atoms with Gasteiger partial charge in [0.2, 0.25) is 21.8 Å². The summed E-state index contributed by atoms with van der Waals surface area (Å²) in [4.78, 5) is 28.7. The molecule has 0 aliphatic rings. The average Bonchev–Trinajstić information content (AvgIpc) is 2.96. The number of hydrogen-bond acceptors (Lipinski definition) is 4. The van der Waals surface area contributed by atoms with E-state index in [0.717, 1.165) is 45.5 Å². The van der Waals surface area contributed by atoms with Crippen molar-refractivity contribution in [2.75, 3.05) is 23.7 Å². The van der Waals surface area contributed by atoms with Gasteiger partial charge >= 0.3 is 6.18 Å². The first kappa shape index (κ1) is 33.6. The third kappa shape index (κ3) is 10.1. The number of amides is 2. The van der Waals surface area contributed by atoms with Crippen molar-refractivity contribution in [3.63, 3.8) is 0 Å². The molecule has 0 fully saturated rings.